The Hall–Kier alpha value is -3.46. The van der Waals surface area contributed by atoms with Gasteiger partial charge in [-0.1, -0.05) is 24.3 Å². The third kappa shape index (κ3) is 2.84. The van der Waals surface area contributed by atoms with E-state index in [4.69, 9.17) is 5.26 Å². The minimum atomic E-state index is -0.519. The Morgan fingerprint density at radius 1 is 1.15 bits per heavy atom. The molecule has 128 valence electrons. The summed E-state index contributed by atoms with van der Waals surface area (Å²) in [7, 11) is 0. The molecule has 1 unspecified atom stereocenters. The fraction of sp³-hybridized carbons (Fsp3) is 0.150. The maximum absolute atomic E-state index is 13.2. The van der Waals surface area contributed by atoms with Crippen LogP contribution in [0.4, 0.5) is 4.39 Å². The smallest absolute Gasteiger partial charge is 0.250 e. The van der Waals surface area contributed by atoms with Gasteiger partial charge in [0.25, 0.3) is 5.91 Å². The predicted molar refractivity (Wildman–Crippen MR) is 92.2 cm³/mol. The molecule has 2 heterocycles. The standard InChI is InChI=1S/C20H15FN4O/c21-17-7-3-15(4-8-17)11-24-12-18-10-23-13-25(18)19(20(24)26)16-5-1-14(9-22)2-6-16/h1-8,10,13,19H,11-12H2. The summed E-state index contributed by atoms with van der Waals surface area (Å²) in [6.07, 6.45) is 3.41. The van der Waals surface area contributed by atoms with Gasteiger partial charge in [0.1, 0.15) is 11.9 Å². The minimum Gasteiger partial charge on any atom is -0.330 e. The summed E-state index contributed by atoms with van der Waals surface area (Å²) in [5.74, 6) is -0.350. The van der Waals surface area contributed by atoms with Crippen molar-refractivity contribution in [1.29, 1.82) is 5.26 Å². The lowest BCUT2D eigenvalue weighted by Crippen LogP contribution is -2.42. The number of imidazole rings is 1. The topological polar surface area (TPSA) is 61.9 Å². The molecule has 1 aliphatic rings. The van der Waals surface area contributed by atoms with Gasteiger partial charge in [0, 0.05) is 12.7 Å². The van der Waals surface area contributed by atoms with Crippen molar-refractivity contribution >= 4 is 5.91 Å². The molecule has 0 saturated heterocycles. The maximum Gasteiger partial charge on any atom is 0.250 e. The number of nitriles is 1. The van der Waals surface area contributed by atoms with Crippen LogP contribution in [0.1, 0.15) is 28.4 Å². The van der Waals surface area contributed by atoms with Crippen molar-refractivity contribution in [2.24, 2.45) is 0 Å². The minimum absolute atomic E-state index is 0.0514. The molecular weight excluding hydrogens is 331 g/mol. The van der Waals surface area contributed by atoms with Crippen LogP contribution >= 0.6 is 0 Å². The zero-order valence-electron chi connectivity index (χ0n) is 13.8. The summed E-state index contributed by atoms with van der Waals surface area (Å²) in [6.45, 7) is 0.847. The molecule has 0 bridgehead atoms. The normalized spacial score (nSPS) is 16.2. The van der Waals surface area contributed by atoms with Crippen LogP contribution in [-0.2, 0) is 17.9 Å². The molecule has 0 saturated carbocycles. The molecule has 6 heteroatoms. The highest BCUT2D eigenvalue weighted by molar-refractivity contribution is 5.84. The van der Waals surface area contributed by atoms with Gasteiger partial charge in [-0.25, -0.2) is 9.37 Å². The lowest BCUT2D eigenvalue weighted by atomic mass is 10.0. The number of hydrogen-bond donors (Lipinski definition) is 0. The van der Waals surface area contributed by atoms with Crippen LogP contribution in [0.15, 0.2) is 61.1 Å². The average Bonchev–Trinajstić information content (AvgIpc) is 3.12. The summed E-state index contributed by atoms with van der Waals surface area (Å²) < 4.78 is 15.0. The first kappa shape index (κ1) is 16.0. The molecule has 4 rings (SSSR count). The lowest BCUT2D eigenvalue weighted by Gasteiger charge is -2.34. The Kier molecular flexibility index (Phi) is 3.98. The molecule has 3 aromatic rings. The van der Waals surface area contributed by atoms with Crippen LogP contribution in [0.5, 0.6) is 0 Å². The SMILES string of the molecule is N#Cc1ccc(C2C(=O)N(Cc3ccc(F)cc3)Cc3cncn32)cc1. The third-order valence-corrected chi connectivity index (χ3v) is 4.57. The number of benzene rings is 2. The summed E-state index contributed by atoms with van der Waals surface area (Å²) >= 11 is 0. The van der Waals surface area contributed by atoms with Gasteiger partial charge in [0.05, 0.1) is 30.2 Å². The second-order valence-electron chi connectivity index (χ2n) is 6.25. The highest BCUT2D eigenvalue weighted by atomic mass is 19.1. The quantitative estimate of drug-likeness (QED) is 0.732. The number of halogens is 1. The average molecular weight is 346 g/mol. The number of fused-ring (bicyclic) bond motifs is 1. The van der Waals surface area contributed by atoms with E-state index in [0.29, 0.717) is 18.7 Å². The lowest BCUT2D eigenvalue weighted by molar-refractivity contribution is -0.136. The van der Waals surface area contributed by atoms with Gasteiger partial charge < -0.3 is 9.47 Å². The van der Waals surface area contributed by atoms with Crippen molar-refractivity contribution in [3.63, 3.8) is 0 Å². The Balaban J connectivity index is 1.68. The third-order valence-electron chi connectivity index (χ3n) is 4.57. The molecule has 0 spiro atoms. The van der Waals surface area contributed by atoms with E-state index in [-0.39, 0.29) is 11.7 Å². The Morgan fingerprint density at radius 3 is 2.58 bits per heavy atom. The highest BCUT2D eigenvalue weighted by Gasteiger charge is 2.34. The zero-order valence-corrected chi connectivity index (χ0v) is 13.8. The van der Waals surface area contributed by atoms with E-state index < -0.39 is 6.04 Å². The fourth-order valence-electron chi connectivity index (χ4n) is 3.24. The van der Waals surface area contributed by atoms with Gasteiger partial charge in [-0.15, -0.1) is 0 Å². The van der Waals surface area contributed by atoms with Gasteiger partial charge in [-0.05, 0) is 35.4 Å². The number of rotatable bonds is 3. The van der Waals surface area contributed by atoms with Crippen molar-refractivity contribution in [2.75, 3.05) is 0 Å². The predicted octanol–water partition coefficient (Wildman–Crippen LogP) is 3.03. The number of hydrogen-bond acceptors (Lipinski definition) is 3. The second kappa shape index (κ2) is 6.45. The van der Waals surface area contributed by atoms with Crippen LogP contribution in [0.3, 0.4) is 0 Å². The summed E-state index contributed by atoms with van der Waals surface area (Å²) in [5.41, 5.74) is 3.15. The van der Waals surface area contributed by atoms with Gasteiger partial charge in [-0.3, -0.25) is 4.79 Å². The molecule has 1 aliphatic heterocycles. The van der Waals surface area contributed by atoms with Crippen molar-refractivity contribution in [3.8, 4) is 6.07 Å². The molecular formula is C20H15FN4O. The van der Waals surface area contributed by atoms with E-state index in [9.17, 15) is 9.18 Å². The van der Waals surface area contributed by atoms with E-state index >= 15 is 0 Å². The fourth-order valence-corrected chi connectivity index (χ4v) is 3.24. The molecule has 0 N–H and O–H groups in total. The van der Waals surface area contributed by atoms with Crippen LogP contribution in [0, 0.1) is 17.1 Å². The number of amides is 1. The largest absolute Gasteiger partial charge is 0.330 e. The number of aromatic nitrogens is 2. The van der Waals surface area contributed by atoms with Gasteiger partial charge in [0.15, 0.2) is 0 Å². The maximum atomic E-state index is 13.2. The summed E-state index contributed by atoms with van der Waals surface area (Å²) in [4.78, 5) is 19.1. The Labute approximate surface area is 149 Å². The second-order valence-corrected chi connectivity index (χ2v) is 6.25. The van der Waals surface area contributed by atoms with E-state index in [2.05, 4.69) is 11.1 Å². The van der Waals surface area contributed by atoms with Gasteiger partial charge in [-0.2, -0.15) is 5.26 Å². The first-order valence-corrected chi connectivity index (χ1v) is 8.20. The molecule has 0 fully saturated rings. The molecule has 1 amide bonds. The number of carbonyl (C=O) groups excluding carboxylic acids is 1. The van der Waals surface area contributed by atoms with Crippen molar-refractivity contribution < 1.29 is 9.18 Å². The molecule has 1 atom stereocenters. The van der Waals surface area contributed by atoms with Crippen molar-refractivity contribution in [3.05, 3.63) is 89.3 Å². The molecule has 0 radical (unpaired) electrons. The first-order valence-electron chi connectivity index (χ1n) is 8.20. The molecule has 5 nitrogen and oxygen atoms in total. The van der Waals surface area contributed by atoms with Crippen LogP contribution in [-0.4, -0.2) is 20.4 Å². The van der Waals surface area contributed by atoms with E-state index in [1.165, 1.54) is 12.1 Å². The monoisotopic (exact) mass is 346 g/mol. The summed E-state index contributed by atoms with van der Waals surface area (Å²) in [5, 5.41) is 8.97. The zero-order chi connectivity index (χ0) is 18.1. The van der Waals surface area contributed by atoms with Crippen LogP contribution in [0.2, 0.25) is 0 Å². The number of carbonyl (C=O) groups is 1. The Bertz CT molecular complexity index is 986. The highest BCUT2D eigenvalue weighted by Crippen LogP contribution is 2.29. The van der Waals surface area contributed by atoms with Crippen molar-refractivity contribution in [1.82, 2.24) is 14.5 Å². The molecule has 1 aromatic heterocycles. The van der Waals surface area contributed by atoms with Crippen molar-refractivity contribution in [2.45, 2.75) is 19.1 Å². The van der Waals surface area contributed by atoms with Crippen LogP contribution in [0.25, 0.3) is 0 Å². The summed E-state index contributed by atoms with van der Waals surface area (Å²) in [6, 6.07) is 14.7. The molecule has 2 aromatic carbocycles. The van der Waals surface area contributed by atoms with Gasteiger partial charge in [0.2, 0.25) is 0 Å². The van der Waals surface area contributed by atoms with Gasteiger partial charge >= 0.3 is 0 Å². The first-order chi connectivity index (χ1) is 12.7. The molecule has 0 aliphatic carbocycles. The Morgan fingerprint density at radius 2 is 1.88 bits per heavy atom. The van der Waals surface area contributed by atoms with E-state index in [1.54, 1.807) is 53.8 Å². The van der Waals surface area contributed by atoms with E-state index in [0.717, 1.165) is 16.8 Å². The number of nitrogens with zero attached hydrogens (tertiary/aromatic N) is 4. The van der Waals surface area contributed by atoms with E-state index in [1.807, 2.05) is 4.57 Å². The van der Waals surface area contributed by atoms with Crippen LogP contribution < -0.4 is 0 Å². The molecule has 26 heavy (non-hydrogen) atoms.